The second-order valence-electron chi connectivity index (χ2n) is 8.29. The normalized spacial score (nSPS) is 24.0. The minimum Gasteiger partial charge on any atom is -0.373 e. The molecular weight excluding hydrogens is 354 g/mol. The van der Waals surface area contributed by atoms with Crippen LogP contribution < -0.4 is 5.32 Å². The quantitative estimate of drug-likeness (QED) is 0.843. The topological polar surface area (TPSA) is 61.9 Å². The van der Waals surface area contributed by atoms with Gasteiger partial charge in [-0.3, -0.25) is 14.5 Å². The zero-order valence-corrected chi connectivity index (χ0v) is 17.3. The molecule has 0 radical (unpaired) electrons. The predicted octanol–water partition coefficient (Wildman–Crippen LogP) is 3.14. The van der Waals surface area contributed by atoms with Gasteiger partial charge >= 0.3 is 0 Å². The molecule has 6 heteroatoms. The van der Waals surface area contributed by atoms with Crippen molar-refractivity contribution in [3.63, 3.8) is 0 Å². The molecule has 2 fully saturated rings. The Morgan fingerprint density at radius 2 is 1.82 bits per heavy atom. The van der Waals surface area contributed by atoms with Crippen molar-refractivity contribution in [1.82, 2.24) is 9.80 Å². The van der Waals surface area contributed by atoms with Gasteiger partial charge in [0, 0.05) is 37.4 Å². The summed E-state index contributed by atoms with van der Waals surface area (Å²) < 4.78 is 5.72. The predicted molar refractivity (Wildman–Crippen MR) is 110 cm³/mol. The highest BCUT2D eigenvalue weighted by Crippen LogP contribution is 2.23. The van der Waals surface area contributed by atoms with E-state index in [-0.39, 0.29) is 24.0 Å². The van der Waals surface area contributed by atoms with E-state index in [0.29, 0.717) is 23.8 Å². The Balaban J connectivity index is 1.58. The fraction of sp³-hybridized carbons (Fsp3) is 0.636. The van der Waals surface area contributed by atoms with E-state index in [1.807, 2.05) is 44.0 Å². The minimum atomic E-state index is -0.0634. The first-order chi connectivity index (χ1) is 13.4. The number of nitrogens with one attached hydrogen (secondary N) is 1. The number of amides is 2. The number of ether oxygens (including phenoxy) is 1. The number of carbonyl (C=O) groups excluding carboxylic acids is 2. The third-order valence-electron chi connectivity index (χ3n) is 5.70. The molecule has 154 valence electrons. The van der Waals surface area contributed by atoms with Crippen molar-refractivity contribution < 1.29 is 14.3 Å². The summed E-state index contributed by atoms with van der Waals surface area (Å²) in [7, 11) is 1.89. The summed E-state index contributed by atoms with van der Waals surface area (Å²) in [5.41, 5.74) is 1.29. The van der Waals surface area contributed by atoms with Crippen molar-refractivity contribution in [1.29, 1.82) is 0 Å². The van der Waals surface area contributed by atoms with Crippen molar-refractivity contribution in [2.24, 2.45) is 0 Å². The van der Waals surface area contributed by atoms with Gasteiger partial charge in [0.25, 0.3) is 5.91 Å². The van der Waals surface area contributed by atoms with E-state index >= 15 is 0 Å². The summed E-state index contributed by atoms with van der Waals surface area (Å²) in [6.07, 6.45) is 6.07. The fourth-order valence-corrected chi connectivity index (χ4v) is 4.38. The lowest BCUT2D eigenvalue weighted by atomic mass is 9.94. The van der Waals surface area contributed by atoms with E-state index in [1.54, 1.807) is 6.07 Å². The Morgan fingerprint density at radius 3 is 2.50 bits per heavy atom. The number of rotatable bonds is 5. The highest BCUT2D eigenvalue weighted by molar-refractivity contribution is 5.97. The smallest absolute Gasteiger partial charge is 0.253 e. The van der Waals surface area contributed by atoms with E-state index in [1.165, 1.54) is 19.3 Å². The maximum atomic E-state index is 12.9. The first kappa shape index (κ1) is 20.8. The zero-order chi connectivity index (χ0) is 20.1. The third kappa shape index (κ3) is 5.55. The number of benzene rings is 1. The van der Waals surface area contributed by atoms with E-state index in [0.717, 1.165) is 25.9 Å². The van der Waals surface area contributed by atoms with Crippen LogP contribution in [0.1, 0.15) is 56.3 Å². The Hall–Kier alpha value is -1.92. The average molecular weight is 388 g/mol. The molecule has 3 rings (SSSR count). The van der Waals surface area contributed by atoms with Gasteiger partial charge in [-0.05, 0) is 44.9 Å². The van der Waals surface area contributed by atoms with Crippen LogP contribution in [0.5, 0.6) is 0 Å². The first-order valence-corrected chi connectivity index (χ1v) is 10.5. The molecular formula is C22H33N3O3. The van der Waals surface area contributed by atoms with Crippen LogP contribution in [0.4, 0.5) is 5.69 Å². The maximum Gasteiger partial charge on any atom is 0.253 e. The second kappa shape index (κ2) is 9.52. The largest absolute Gasteiger partial charge is 0.373 e. The molecule has 0 unspecified atom stereocenters. The van der Waals surface area contributed by atoms with Gasteiger partial charge in [-0.2, -0.15) is 0 Å². The third-order valence-corrected chi connectivity index (χ3v) is 5.70. The van der Waals surface area contributed by atoms with Gasteiger partial charge in [0.05, 0.1) is 18.8 Å². The van der Waals surface area contributed by atoms with Gasteiger partial charge in [-0.15, -0.1) is 0 Å². The van der Waals surface area contributed by atoms with Gasteiger partial charge in [0.2, 0.25) is 5.91 Å². The first-order valence-electron chi connectivity index (χ1n) is 10.5. The van der Waals surface area contributed by atoms with Crippen LogP contribution in [0.3, 0.4) is 0 Å². The van der Waals surface area contributed by atoms with Crippen molar-refractivity contribution in [3.05, 3.63) is 29.8 Å². The zero-order valence-electron chi connectivity index (χ0n) is 17.3. The van der Waals surface area contributed by atoms with E-state index in [9.17, 15) is 9.59 Å². The molecule has 1 aliphatic carbocycles. The van der Waals surface area contributed by atoms with Gasteiger partial charge in [-0.1, -0.05) is 25.3 Å². The van der Waals surface area contributed by atoms with Gasteiger partial charge in [0.1, 0.15) is 0 Å². The SMILES string of the molecule is C[C@@H]1CN(CC(=O)Nc2cccc(C(=O)N(C)C3CCCCC3)c2)C[C@H](C)O1. The number of hydrogen-bond acceptors (Lipinski definition) is 4. The van der Waals surface area contributed by atoms with Crippen LogP contribution in [0.15, 0.2) is 24.3 Å². The molecule has 0 bridgehead atoms. The molecule has 1 aliphatic heterocycles. The number of anilines is 1. The lowest BCUT2D eigenvalue weighted by Crippen LogP contribution is -2.48. The molecule has 0 spiro atoms. The number of carbonyl (C=O) groups is 2. The summed E-state index contributed by atoms with van der Waals surface area (Å²) in [5.74, 6) is -0.0367. The fourth-order valence-electron chi connectivity index (χ4n) is 4.38. The summed E-state index contributed by atoms with van der Waals surface area (Å²) in [4.78, 5) is 29.3. The molecule has 1 aromatic carbocycles. The molecule has 1 aromatic rings. The number of nitrogens with zero attached hydrogens (tertiary/aromatic N) is 2. The standard InChI is InChI=1S/C22H33N3O3/c1-16-13-25(14-17(2)28-16)15-21(26)23-19-9-7-8-18(12-19)22(27)24(3)20-10-5-4-6-11-20/h7-9,12,16-17,20H,4-6,10-11,13-15H2,1-3H3,(H,23,26)/t16-,17+. The lowest BCUT2D eigenvalue weighted by Gasteiger charge is -2.34. The summed E-state index contributed by atoms with van der Waals surface area (Å²) >= 11 is 0. The van der Waals surface area contributed by atoms with Crippen LogP contribution in [-0.2, 0) is 9.53 Å². The average Bonchev–Trinajstić information content (AvgIpc) is 2.66. The van der Waals surface area contributed by atoms with Crippen molar-refractivity contribution >= 4 is 17.5 Å². The molecule has 2 aliphatic rings. The van der Waals surface area contributed by atoms with Gasteiger partial charge in [0.15, 0.2) is 0 Å². The van der Waals surface area contributed by atoms with Crippen LogP contribution in [-0.4, -0.2) is 66.5 Å². The Kier molecular flexibility index (Phi) is 7.08. The van der Waals surface area contributed by atoms with Crippen LogP contribution in [0.2, 0.25) is 0 Å². The Labute approximate surface area is 168 Å². The molecule has 0 aromatic heterocycles. The van der Waals surface area contributed by atoms with E-state index in [4.69, 9.17) is 4.74 Å². The molecule has 28 heavy (non-hydrogen) atoms. The van der Waals surface area contributed by atoms with Crippen molar-refractivity contribution in [2.45, 2.75) is 64.2 Å². The van der Waals surface area contributed by atoms with E-state index in [2.05, 4.69) is 10.2 Å². The number of hydrogen-bond donors (Lipinski definition) is 1. The van der Waals surface area contributed by atoms with Crippen LogP contribution >= 0.6 is 0 Å². The molecule has 1 saturated heterocycles. The van der Waals surface area contributed by atoms with Crippen LogP contribution in [0, 0.1) is 0 Å². The molecule has 1 saturated carbocycles. The summed E-state index contributed by atoms with van der Waals surface area (Å²) in [5, 5.41) is 2.94. The maximum absolute atomic E-state index is 12.9. The van der Waals surface area contributed by atoms with Crippen LogP contribution in [0.25, 0.3) is 0 Å². The highest BCUT2D eigenvalue weighted by Gasteiger charge is 2.25. The van der Waals surface area contributed by atoms with Crippen molar-refractivity contribution in [2.75, 3.05) is 32.0 Å². The summed E-state index contributed by atoms with van der Waals surface area (Å²) in [6.45, 7) is 5.89. The molecule has 6 nitrogen and oxygen atoms in total. The number of morpholine rings is 1. The Bertz CT molecular complexity index is 677. The minimum absolute atomic E-state index is 0.0267. The van der Waals surface area contributed by atoms with Crippen molar-refractivity contribution in [3.8, 4) is 0 Å². The highest BCUT2D eigenvalue weighted by atomic mass is 16.5. The second-order valence-corrected chi connectivity index (χ2v) is 8.29. The molecule has 1 heterocycles. The molecule has 2 amide bonds. The molecule has 2 atom stereocenters. The molecule has 1 N–H and O–H groups in total. The van der Waals surface area contributed by atoms with Gasteiger partial charge in [-0.25, -0.2) is 0 Å². The monoisotopic (exact) mass is 387 g/mol. The summed E-state index contributed by atoms with van der Waals surface area (Å²) in [6, 6.07) is 7.59. The van der Waals surface area contributed by atoms with Gasteiger partial charge < -0.3 is 15.0 Å². The van der Waals surface area contributed by atoms with E-state index < -0.39 is 0 Å². The Morgan fingerprint density at radius 1 is 1.14 bits per heavy atom. The lowest BCUT2D eigenvalue weighted by molar-refractivity contribution is -0.121.